The molecule has 1 aliphatic carbocycles. The van der Waals surface area contributed by atoms with E-state index < -0.39 is 0 Å². The lowest BCUT2D eigenvalue weighted by molar-refractivity contribution is 0.246. The smallest absolute Gasteiger partial charge is 0.320 e. The molecule has 138 valence electrons. The minimum atomic E-state index is -0.238. The number of carbonyl (C=O) groups excluding carboxylic acids is 1. The Morgan fingerprint density at radius 1 is 1.12 bits per heavy atom. The highest BCUT2D eigenvalue weighted by molar-refractivity contribution is 6.31. The van der Waals surface area contributed by atoms with Crippen LogP contribution in [0.2, 0.25) is 5.02 Å². The standard InChI is InChI=1S/C20H24ClN3O2/c21-17-11-6-5-8-15(17)14-26-18-12-7-13-22-19(18)24-20(25)23-16-9-3-1-2-4-10-16/h5-8,11-13,16H,1-4,9-10,14H2,(H2,22,23,24,25). The molecule has 1 saturated carbocycles. The Kier molecular flexibility index (Phi) is 6.72. The van der Waals surface area contributed by atoms with E-state index in [0.717, 1.165) is 18.4 Å². The van der Waals surface area contributed by atoms with Gasteiger partial charge in [-0.25, -0.2) is 9.78 Å². The Balaban J connectivity index is 1.59. The molecular formula is C20H24ClN3O2. The van der Waals surface area contributed by atoms with Gasteiger partial charge in [0.25, 0.3) is 0 Å². The van der Waals surface area contributed by atoms with Gasteiger partial charge in [-0.2, -0.15) is 0 Å². The molecule has 1 aromatic heterocycles. The molecule has 0 spiro atoms. The van der Waals surface area contributed by atoms with Crippen LogP contribution in [0.4, 0.5) is 10.6 Å². The van der Waals surface area contributed by atoms with Crippen LogP contribution in [0.3, 0.4) is 0 Å². The van der Waals surface area contributed by atoms with Crippen LogP contribution in [0, 0.1) is 0 Å². The lowest BCUT2D eigenvalue weighted by Crippen LogP contribution is -2.37. The van der Waals surface area contributed by atoms with Crippen LogP contribution in [0.1, 0.15) is 44.1 Å². The second-order valence-electron chi connectivity index (χ2n) is 6.52. The Bertz CT molecular complexity index is 731. The first kappa shape index (κ1) is 18.5. The molecule has 1 aromatic carbocycles. The number of amides is 2. The molecule has 6 heteroatoms. The Hall–Kier alpha value is -2.27. The molecule has 1 fully saturated rings. The van der Waals surface area contributed by atoms with Crippen molar-refractivity contribution in [3.05, 3.63) is 53.2 Å². The molecule has 2 N–H and O–H groups in total. The van der Waals surface area contributed by atoms with Crippen molar-refractivity contribution in [2.24, 2.45) is 0 Å². The van der Waals surface area contributed by atoms with Crippen LogP contribution >= 0.6 is 11.6 Å². The molecule has 0 bridgehead atoms. The fraction of sp³-hybridized carbons (Fsp3) is 0.400. The summed E-state index contributed by atoms with van der Waals surface area (Å²) in [7, 11) is 0. The first-order valence-electron chi connectivity index (χ1n) is 9.11. The number of carbonyl (C=O) groups is 1. The molecule has 0 aliphatic heterocycles. The van der Waals surface area contributed by atoms with Gasteiger partial charge in [-0.3, -0.25) is 5.32 Å². The summed E-state index contributed by atoms with van der Waals surface area (Å²) in [6.45, 7) is 0.310. The largest absolute Gasteiger partial charge is 0.485 e. The summed E-state index contributed by atoms with van der Waals surface area (Å²) in [5.41, 5.74) is 0.881. The van der Waals surface area contributed by atoms with E-state index in [-0.39, 0.29) is 12.1 Å². The fourth-order valence-corrected chi connectivity index (χ4v) is 3.31. The first-order valence-corrected chi connectivity index (χ1v) is 9.49. The predicted molar refractivity (Wildman–Crippen MR) is 104 cm³/mol. The van der Waals surface area contributed by atoms with Crippen molar-refractivity contribution in [1.82, 2.24) is 10.3 Å². The topological polar surface area (TPSA) is 63.2 Å². The molecule has 2 aromatic rings. The maximum absolute atomic E-state index is 12.3. The molecule has 1 aliphatic rings. The van der Waals surface area contributed by atoms with Gasteiger partial charge in [0.15, 0.2) is 11.6 Å². The summed E-state index contributed by atoms with van der Waals surface area (Å²) in [5.74, 6) is 0.925. The monoisotopic (exact) mass is 373 g/mol. The SMILES string of the molecule is O=C(Nc1ncccc1OCc1ccccc1Cl)NC1CCCCCC1. The van der Waals surface area contributed by atoms with Gasteiger partial charge in [-0.1, -0.05) is 55.5 Å². The average Bonchev–Trinajstić information content (AvgIpc) is 2.91. The number of nitrogens with zero attached hydrogens (tertiary/aromatic N) is 1. The zero-order valence-corrected chi connectivity index (χ0v) is 15.5. The van der Waals surface area contributed by atoms with E-state index in [4.69, 9.17) is 16.3 Å². The zero-order valence-electron chi connectivity index (χ0n) is 14.7. The van der Waals surface area contributed by atoms with Gasteiger partial charge in [0.2, 0.25) is 0 Å². The number of nitrogens with one attached hydrogen (secondary N) is 2. The van der Waals surface area contributed by atoms with Gasteiger partial charge in [-0.15, -0.1) is 0 Å². The Morgan fingerprint density at radius 3 is 2.65 bits per heavy atom. The molecule has 0 saturated heterocycles. The van der Waals surface area contributed by atoms with Crippen LogP contribution in [0.15, 0.2) is 42.6 Å². The van der Waals surface area contributed by atoms with E-state index in [1.165, 1.54) is 25.7 Å². The number of urea groups is 1. The predicted octanol–water partition coefficient (Wildman–Crippen LogP) is 5.16. The van der Waals surface area contributed by atoms with Crippen LogP contribution in [0.5, 0.6) is 5.75 Å². The van der Waals surface area contributed by atoms with Gasteiger partial charge in [0, 0.05) is 22.8 Å². The van der Waals surface area contributed by atoms with E-state index >= 15 is 0 Å². The number of hydrogen-bond donors (Lipinski definition) is 2. The van der Waals surface area contributed by atoms with Crippen molar-refractivity contribution in [2.75, 3.05) is 5.32 Å². The van der Waals surface area contributed by atoms with Crippen molar-refractivity contribution < 1.29 is 9.53 Å². The lowest BCUT2D eigenvalue weighted by Gasteiger charge is -2.17. The highest BCUT2D eigenvalue weighted by Crippen LogP contribution is 2.24. The minimum absolute atomic E-state index is 0.230. The van der Waals surface area contributed by atoms with E-state index in [2.05, 4.69) is 15.6 Å². The third kappa shape index (κ3) is 5.36. The van der Waals surface area contributed by atoms with Crippen LogP contribution in [0.25, 0.3) is 0 Å². The first-order chi connectivity index (χ1) is 12.7. The van der Waals surface area contributed by atoms with E-state index in [0.29, 0.717) is 23.2 Å². The average molecular weight is 374 g/mol. The number of pyridine rings is 1. The van der Waals surface area contributed by atoms with E-state index in [1.54, 1.807) is 18.3 Å². The molecule has 0 unspecified atom stereocenters. The zero-order chi connectivity index (χ0) is 18.2. The summed E-state index contributed by atoms with van der Waals surface area (Å²) < 4.78 is 5.83. The number of hydrogen-bond acceptors (Lipinski definition) is 3. The summed E-state index contributed by atoms with van der Waals surface area (Å²) in [5, 5.41) is 6.51. The number of ether oxygens (including phenoxy) is 1. The molecule has 5 nitrogen and oxygen atoms in total. The summed E-state index contributed by atoms with van der Waals surface area (Å²) in [6.07, 6.45) is 8.53. The molecular weight excluding hydrogens is 350 g/mol. The molecule has 0 radical (unpaired) electrons. The normalized spacial score (nSPS) is 15.1. The maximum atomic E-state index is 12.3. The Labute approximate surface area is 159 Å². The molecule has 0 atom stereocenters. The van der Waals surface area contributed by atoms with E-state index in [1.807, 2.05) is 24.3 Å². The number of benzene rings is 1. The summed E-state index contributed by atoms with van der Waals surface area (Å²) in [6, 6.07) is 11.1. The van der Waals surface area contributed by atoms with Gasteiger partial charge in [0.1, 0.15) is 6.61 Å². The third-order valence-electron chi connectivity index (χ3n) is 4.53. The van der Waals surface area contributed by atoms with Gasteiger partial charge in [0.05, 0.1) is 0 Å². The quantitative estimate of drug-likeness (QED) is 0.711. The van der Waals surface area contributed by atoms with Crippen molar-refractivity contribution in [3.63, 3.8) is 0 Å². The van der Waals surface area contributed by atoms with Gasteiger partial charge in [-0.05, 0) is 31.0 Å². The number of aromatic nitrogens is 1. The molecule has 1 heterocycles. The van der Waals surface area contributed by atoms with E-state index in [9.17, 15) is 4.79 Å². The minimum Gasteiger partial charge on any atom is -0.485 e. The second-order valence-corrected chi connectivity index (χ2v) is 6.92. The second kappa shape index (κ2) is 9.43. The molecule has 26 heavy (non-hydrogen) atoms. The van der Waals surface area contributed by atoms with Crippen molar-refractivity contribution in [2.45, 2.75) is 51.2 Å². The fourth-order valence-electron chi connectivity index (χ4n) is 3.12. The van der Waals surface area contributed by atoms with Crippen molar-refractivity contribution >= 4 is 23.4 Å². The highest BCUT2D eigenvalue weighted by Gasteiger charge is 2.16. The van der Waals surface area contributed by atoms with Crippen LogP contribution in [-0.4, -0.2) is 17.1 Å². The molecule has 2 amide bonds. The van der Waals surface area contributed by atoms with Crippen LogP contribution in [-0.2, 0) is 6.61 Å². The summed E-state index contributed by atoms with van der Waals surface area (Å²) >= 11 is 6.16. The van der Waals surface area contributed by atoms with Crippen LogP contribution < -0.4 is 15.4 Å². The highest BCUT2D eigenvalue weighted by atomic mass is 35.5. The summed E-state index contributed by atoms with van der Waals surface area (Å²) in [4.78, 5) is 16.6. The van der Waals surface area contributed by atoms with Gasteiger partial charge >= 0.3 is 6.03 Å². The van der Waals surface area contributed by atoms with Crippen molar-refractivity contribution in [1.29, 1.82) is 0 Å². The van der Waals surface area contributed by atoms with Crippen molar-refractivity contribution in [3.8, 4) is 5.75 Å². The third-order valence-corrected chi connectivity index (χ3v) is 4.90. The number of anilines is 1. The maximum Gasteiger partial charge on any atom is 0.320 e. The number of rotatable bonds is 5. The van der Waals surface area contributed by atoms with Gasteiger partial charge < -0.3 is 10.1 Å². The lowest BCUT2D eigenvalue weighted by atomic mass is 10.1. The number of halogens is 1. The molecule has 3 rings (SSSR count). The Morgan fingerprint density at radius 2 is 1.88 bits per heavy atom.